The van der Waals surface area contributed by atoms with Crippen LogP contribution in [0.4, 0.5) is 0 Å². The van der Waals surface area contributed by atoms with Crippen molar-refractivity contribution in [3.8, 4) is 11.5 Å². The number of allylic oxidation sites excluding steroid dienone is 1. The molecule has 9 nitrogen and oxygen atoms in total. The SMILES string of the molecule is CCOC(=O)C1=C(C)N=c2s/c(=C\c3cc(I)c(OCc4ccc(C(=O)OCC)cc4)c(OCC)c3)c(=O)n2[C@@H]1c1ccc(C)cc1. The fraction of sp³-hybridized carbons (Fsp3) is 0.278. The van der Waals surface area contributed by atoms with Crippen LogP contribution in [0.5, 0.6) is 11.5 Å². The summed E-state index contributed by atoms with van der Waals surface area (Å²) in [5, 5.41) is 0. The molecule has 0 unspecified atom stereocenters. The van der Waals surface area contributed by atoms with Crippen molar-refractivity contribution >= 4 is 51.9 Å². The van der Waals surface area contributed by atoms with E-state index >= 15 is 0 Å². The van der Waals surface area contributed by atoms with Gasteiger partial charge in [-0.05, 0) is 104 Å². The number of aromatic nitrogens is 1. The summed E-state index contributed by atoms with van der Waals surface area (Å²) in [5.41, 5.74) is 4.58. The van der Waals surface area contributed by atoms with Crippen LogP contribution in [0.25, 0.3) is 6.08 Å². The smallest absolute Gasteiger partial charge is 0.338 e. The lowest BCUT2D eigenvalue weighted by Crippen LogP contribution is -2.39. The average Bonchev–Trinajstić information content (AvgIpc) is 3.34. The molecule has 11 heteroatoms. The number of fused-ring (bicyclic) bond motifs is 1. The number of halogens is 1. The van der Waals surface area contributed by atoms with E-state index in [0.29, 0.717) is 50.9 Å². The molecule has 0 bridgehead atoms. The Morgan fingerprint density at radius 3 is 2.26 bits per heavy atom. The van der Waals surface area contributed by atoms with E-state index in [0.717, 1.165) is 25.8 Å². The van der Waals surface area contributed by atoms with Gasteiger partial charge in [0.05, 0.1) is 50.8 Å². The Morgan fingerprint density at radius 1 is 0.915 bits per heavy atom. The van der Waals surface area contributed by atoms with E-state index in [-0.39, 0.29) is 24.7 Å². The van der Waals surface area contributed by atoms with Crippen LogP contribution in [0.1, 0.15) is 66.3 Å². The van der Waals surface area contributed by atoms with E-state index in [1.54, 1.807) is 37.5 Å². The van der Waals surface area contributed by atoms with Crippen LogP contribution in [-0.4, -0.2) is 36.3 Å². The third-order valence-electron chi connectivity index (χ3n) is 7.39. The Hall–Kier alpha value is -4.23. The molecular formula is C36H35IN2O7S. The lowest BCUT2D eigenvalue weighted by molar-refractivity contribution is -0.139. The van der Waals surface area contributed by atoms with Crippen molar-refractivity contribution in [2.24, 2.45) is 4.99 Å². The van der Waals surface area contributed by atoms with E-state index in [9.17, 15) is 14.4 Å². The number of thiazole rings is 1. The fourth-order valence-electron chi connectivity index (χ4n) is 5.19. The summed E-state index contributed by atoms with van der Waals surface area (Å²) < 4.78 is 25.5. The van der Waals surface area contributed by atoms with Crippen molar-refractivity contribution < 1.29 is 28.5 Å². The molecule has 1 aliphatic heterocycles. The molecule has 0 aliphatic carbocycles. The predicted octanol–water partition coefficient (Wildman–Crippen LogP) is 5.87. The van der Waals surface area contributed by atoms with Crippen molar-refractivity contribution in [3.05, 3.63) is 123 Å². The molecule has 3 aromatic carbocycles. The summed E-state index contributed by atoms with van der Waals surface area (Å²) in [5.74, 6) is 0.264. The maximum atomic E-state index is 14.0. The molecule has 5 rings (SSSR count). The highest BCUT2D eigenvalue weighted by atomic mass is 127. The summed E-state index contributed by atoms with van der Waals surface area (Å²) in [7, 11) is 0. The third-order valence-corrected chi connectivity index (χ3v) is 9.17. The molecule has 47 heavy (non-hydrogen) atoms. The number of carbonyl (C=O) groups excluding carboxylic acids is 2. The summed E-state index contributed by atoms with van der Waals surface area (Å²) in [6, 6.07) is 18.0. The van der Waals surface area contributed by atoms with E-state index in [2.05, 4.69) is 27.6 Å². The first-order valence-corrected chi connectivity index (χ1v) is 17.2. The van der Waals surface area contributed by atoms with Gasteiger partial charge in [0.15, 0.2) is 16.3 Å². The molecule has 0 amide bonds. The van der Waals surface area contributed by atoms with Crippen LogP contribution in [0.3, 0.4) is 0 Å². The third kappa shape index (κ3) is 7.51. The monoisotopic (exact) mass is 766 g/mol. The molecule has 0 saturated heterocycles. The number of benzene rings is 3. The van der Waals surface area contributed by atoms with Crippen LogP contribution in [-0.2, 0) is 20.9 Å². The zero-order chi connectivity index (χ0) is 33.7. The molecule has 0 radical (unpaired) electrons. The molecule has 4 aromatic rings. The van der Waals surface area contributed by atoms with E-state index < -0.39 is 12.0 Å². The largest absolute Gasteiger partial charge is 0.490 e. The van der Waals surface area contributed by atoms with Crippen molar-refractivity contribution in [3.63, 3.8) is 0 Å². The number of nitrogens with zero attached hydrogens (tertiary/aromatic N) is 2. The number of rotatable bonds is 11. The van der Waals surface area contributed by atoms with E-state index in [1.807, 2.05) is 68.5 Å². The Morgan fingerprint density at radius 2 is 1.60 bits per heavy atom. The molecule has 1 aliphatic rings. The van der Waals surface area contributed by atoms with Crippen molar-refractivity contribution in [2.75, 3.05) is 19.8 Å². The zero-order valence-corrected chi connectivity index (χ0v) is 29.8. The molecule has 1 aromatic heterocycles. The van der Waals surface area contributed by atoms with E-state index in [4.69, 9.17) is 18.9 Å². The second-order valence-electron chi connectivity index (χ2n) is 10.7. The molecule has 0 spiro atoms. The van der Waals surface area contributed by atoms with Gasteiger partial charge in [-0.2, -0.15) is 0 Å². The normalized spacial score (nSPS) is 14.3. The summed E-state index contributed by atoms with van der Waals surface area (Å²) in [6.07, 6.45) is 1.81. The Labute approximate surface area is 290 Å². The summed E-state index contributed by atoms with van der Waals surface area (Å²) >= 11 is 3.46. The minimum atomic E-state index is -0.672. The lowest BCUT2D eigenvalue weighted by Gasteiger charge is -2.24. The van der Waals surface area contributed by atoms with Gasteiger partial charge in [-0.25, -0.2) is 14.6 Å². The topological polar surface area (TPSA) is 105 Å². The minimum Gasteiger partial charge on any atom is -0.490 e. The van der Waals surface area contributed by atoms with Crippen LogP contribution in [0.2, 0.25) is 0 Å². The maximum Gasteiger partial charge on any atom is 0.338 e. The van der Waals surface area contributed by atoms with Gasteiger partial charge in [-0.3, -0.25) is 9.36 Å². The van der Waals surface area contributed by atoms with Gasteiger partial charge in [-0.1, -0.05) is 53.3 Å². The van der Waals surface area contributed by atoms with Gasteiger partial charge in [0, 0.05) is 0 Å². The quantitative estimate of drug-likeness (QED) is 0.139. The summed E-state index contributed by atoms with van der Waals surface area (Å²) in [4.78, 5) is 44.4. The Bertz CT molecular complexity index is 2010. The van der Waals surface area contributed by atoms with E-state index in [1.165, 1.54) is 11.3 Å². The van der Waals surface area contributed by atoms with Crippen LogP contribution in [0, 0.1) is 10.5 Å². The molecular weight excluding hydrogens is 731 g/mol. The van der Waals surface area contributed by atoms with Crippen molar-refractivity contribution in [2.45, 2.75) is 47.3 Å². The number of aryl methyl sites for hydroxylation is 1. The number of ether oxygens (including phenoxy) is 4. The zero-order valence-electron chi connectivity index (χ0n) is 26.8. The van der Waals surface area contributed by atoms with Gasteiger partial charge in [0.25, 0.3) is 5.56 Å². The van der Waals surface area contributed by atoms with Gasteiger partial charge >= 0.3 is 11.9 Å². The second-order valence-corrected chi connectivity index (χ2v) is 12.9. The predicted molar refractivity (Wildman–Crippen MR) is 189 cm³/mol. The lowest BCUT2D eigenvalue weighted by atomic mass is 9.95. The number of hydrogen-bond acceptors (Lipinski definition) is 9. The first-order chi connectivity index (χ1) is 22.6. The highest BCUT2D eigenvalue weighted by Gasteiger charge is 2.33. The number of hydrogen-bond donors (Lipinski definition) is 0. The standard InChI is InChI=1S/C36H35IN2O7S/c1-6-43-28-18-24(17-27(37)32(28)46-20-23-11-15-26(16-12-23)34(41)44-7-2)19-29-33(40)39-31(25-13-9-21(4)10-14-25)30(35(42)45-8-3)22(5)38-36(39)47-29/h9-19,31H,6-8,20H2,1-5H3/b29-19-/t31-/m1/s1. The first-order valence-electron chi connectivity index (χ1n) is 15.3. The average molecular weight is 767 g/mol. The molecule has 0 N–H and O–H groups in total. The maximum absolute atomic E-state index is 14.0. The molecule has 244 valence electrons. The summed E-state index contributed by atoms with van der Waals surface area (Å²) in [6.45, 7) is 10.4. The van der Waals surface area contributed by atoms with Crippen LogP contribution >= 0.6 is 33.9 Å². The fourth-order valence-corrected chi connectivity index (χ4v) is 7.02. The van der Waals surface area contributed by atoms with Gasteiger partial charge < -0.3 is 18.9 Å². The van der Waals surface area contributed by atoms with Gasteiger partial charge in [-0.15, -0.1) is 0 Å². The Balaban J connectivity index is 1.50. The van der Waals surface area contributed by atoms with Crippen LogP contribution in [0.15, 0.2) is 81.7 Å². The number of carbonyl (C=O) groups is 2. The van der Waals surface area contributed by atoms with Crippen LogP contribution < -0.4 is 24.4 Å². The highest BCUT2D eigenvalue weighted by molar-refractivity contribution is 14.1. The Kier molecular flexibility index (Phi) is 11.0. The molecule has 1 atom stereocenters. The van der Waals surface area contributed by atoms with Gasteiger partial charge in [0.1, 0.15) is 6.61 Å². The minimum absolute atomic E-state index is 0.211. The second kappa shape index (κ2) is 15.1. The number of esters is 2. The molecule has 0 saturated carbocycles. The molecule has 0 fully saturated rings. The van der Waals surface area contributed by atoms with Crippen molar-refractivity contribution in [1.82, 2.24) is 4.57 Å². The highest BCUT2D eigenvalue weighted by Crippen LogP contribution is 2.35. The first kappa shape index (κ1) is 34.1. The van der Waals surface area contributed by atoms with Gasteiger partial charge in [0.2, 0.25) is 0 Å². The van der Waals surface area contributed by atoms with Crippen molar-refractivity contribution in [1.29, 1.82) is 0 Å². The molecule has 2 heterocycles.